The first kappa shape index (κ1) is 27.5. The Morgan fingerprint density at radius 2 is 0.727 bits per heavy atom. The lowest BCUT2D eigenvalue weighted by atomic mass is 9.81. The van der Waals surface area contributed by atoms with Gasteiger partial charge in [-0.2, -0.15) is 0 Å². The number of imide groups is 2. The number of amides is 4. The maximum atomic E-state index is 13.7. The van der Waals surface area contributed by atoms with Gasteiger partial charge in [-0.1, -0.05) is 52.0 Å². The van der Waals surface area contributed by atoms with Gasteiger partial charge in [0, 0.05) is 33.0 Å². The highest BCUT2D eigenvalue weighted by atomic mass is 16.4. The van der Waals surface area contributed by atoms with Crippen molar-refractivity contribution in [1.29, 1.82) is 0 Å². The summed E-state index contributed by atoms with van der Waals surface area (Å²) in [6.07, 6.45) is 0. The lowest BCUT2D eigenvalue weighted by Crippen LogP contribution is -2.53. The number of carboxylic acid groups (broad SMARTS) is 2. The van der Waals surface area contributed by atoms with E-state index in [1.165, 1.54) is 0 Å². The maximum absolute atomic E-state index is 13.7. The molecule has 44 heavy (non-hydrogen) atoms. The van der Waals surface area contributed by atoms with Gasteiger partial charge in [0.1, 0.15) is 12.1 Å². The Balaban J connectivity index is 1.52. The van der Waals surface area contributed by atoms with Crippen LogP contribution in [-0.4, -0.2) is 67.7 Å². The van der Waals surface area contributed by atoms with Crippen molar-refractivity contribution in [2.75, 3.05) is 0 Å². The minimum absolute atomic E-state index is 0.218. The molecule has 2 atom stereocenters. The largest absolute Gasteiger partial charge is 0.480 e. The van der Waals surface area contributed by atoms with Crippen LogP contribution in [0.5, 0.6) is 0 Å². The summed E-state index contributed by atoms with van der Waals surface area (Å²) in [5, 5.41) is 24.7. The third-order valence-electron chi connectivity index (χ3n) is 9.02. The molecule has 0 radical (unpaired) electrons. The number of rotatable bonds is 6. The van der Waals surface area contributed by atoms with Crippen LogP contribution in [0.4, 0.5) is 0 Å². The molecule has 2 aliphatic rings. The van der Waals surface area contributed by atoms with Crippen molar-refractivity contribution in [2.24, 2.45) is 11.8 Å². The van der Waals surface area contributed by atoms with Crippen LogP contribution in [0.1, 0.15) is 69.1 Å². The summed E-state index contributed by atoms with van der Waals surface area (Å²) in [5.74, 6) is -6.31. The number of aliphatic carboxylic acids is 2. The maximum Gasteiger partial charge on any atom is 0.327 e. The monoisotopic (exact) mass is 590 g/mol. The van der Waals surface area contributed by atoms with E-state index in [1.54, 1.807) is 76.2 Å². The van der Waals surface area contributed by atoms with Gasteiger partial charge in [0.15, 0.2) is 0 Å². The van der Waals surface area contributed by atoms with E-state index in [0.717, 1.165) is 9.80 Å². The highest BCUT2D eigenvalue weighted by Gasteiger charge is 2.44. The van der Waals surface area contributed by atoms with Gasteiger partial charge >= 0.3 is 11.9 Å². The second kappa shape index (κ2) is 9.06. The Labute approximate surface area is 249 Å². The Bertz CT molecular complexity index is 1920. The van der Waals surface area contributed by atoms with E-state index in [1.807, 2.05) is 0 Å². The Kier molecular flexibility index (Phi) is 5.65. The summed E-state index contributed by atoms with van der Waals surface area (Å²) >= 11 is 0. The zero-order valence-electron chi connectivity index (χ0n) is 24.2. The highest BCUT2D eigenvalue weighted by molar-refractivity contribution is 6.41. The molecular weight excluding hydrogens is 564 g/mol. The van der Waals surface area contributed by atoms with E-state index >= 15 is 0 Å². The number of carbonyl (C=O) groups is 6. The molecule has 2 heterocycles. The fourth-order valence-corrected chi connectivity index (χ4v) is 7.20. The zero-order chi connectivity index (χ0) is 31.5. The van der Waals surface area contributed by atoms with E-state index in [9.17, 15) is 39.0 Å². The standard InChI is InChI=1S/C34H26N2O8/c1-13(2)27(33(41)42)35-29(37)19-9-5-15-17-7-11-21-26-22(32(40)36(31(21)39)28(14(3)4)34(43)44)12-8-18(24(17)26)16-6-10-20(30(35)38)25(19)23(15)16/h5-14,27-28H,1-4H3,(H,41,42)(H,43,44). The normalized spacial score (nSPS) is 16.4. The van der Waals surface area contributed by atoms with Crippen LogP contribution in [-0.2, 0) is 9.59 Å². The van der Waals surface area contributed by atoms with Crippen LogP contribution in [0, 0.1) is 11.8 Å². The van der Waals surface area contributed by atoms with Crippen molar-refractivity contribution < 1.29 is 39.0 Å². The fourth-order valence-electron chi connectivity index (χ4n) is 7.20. The van der Waals surface area contributed by atoms with E-state index in [0.29, 0.717) is 43.1 Å². The number of carboxylic acids is 2. The summed E-state index contributed by atoms with van der Waals surface area (Å²) in [6.45, 7) is 6.57. The van der Waals surface area contributed by atoms with Gasteiger partial charge in [0.2, 0.25) is 0 Å². The Morgan fingerprint density at radius 3 is 0.932 bits per heavy atom. The van der Waals surface area contributed by atoms with Crippen molar-refractivity contribution in [3.63, 3.8) is 0 Å². The number of fused-ring (bicyclic) bond motifs is 2. The molecule has 7 rings (SSSR count). The van der Waals surface area contributed by atoms with Crippen molar-refractivity contribution in [1.82, 2.24) is 9.80 Å². The molecule has 0 spiro atoms. The van der Waals surface area contributed by atoms with Gasteiger partial charge in [-0.15, -0.1) is 0 Å². The molecule has 5 aromatic rings. The smallest absolute Gasteiger partial charge is 0.327 e. The van der Waals surface area contributed by atoms with Crippen LogP contribution in [0.2, 0.25) is 0 Å². The minimum Gasteiger partial charge on any atom is -0.480 e. The predicted molar refractivity (Wildman–Crippen MR) is 161 cm³/mol. The summed E-state index contributed by atoms with van der Waals surface area (Å²) < 4.78 is 0. The second-order valence-electron chi connectivity index (χ2n) is 12.2. The highest BCUT2D eigenvalue weighted by Crippen LogP contribution is 2.46. The molecule has 4 amide bonds. The van der Waals surface area contributed by atoms with E-state index in [2.05, 4.69) is 0 Å². The van der Waals surface area contributed by atoms with Crippen molar-refractivity contribution >= 4 is 78.7 Å². The van der Waals surface area contributed by atoms with Crippen LogP contribution in [0.15, 0.2) is 48.5 Å². The first-order valence-corrected chi connectivity index (χ1v) is 14.3. The van der Waals surface area contributed by atoms with Crippen LogP contribution in [0.3, 0.4) is 0 Å². The predicted octanol–water partition coefficient (Wildman–Crippen LogP) is 5.15. The van der Waals surface area contributed by atoms with E-state index in [-0.39, 0.29) is 22.3 Å². The quantitative estimate of drug-likeness (QED) is 0.157. The molecule has 2 aliphatic heterocycles. The van der Waals surface area contributed by atoms with Crippen molar-refractivity contribution in [2.45, 2.75) is 39.8 Å². The van der Waals surface area contributed by atoms with Gasteiger partial charge in [-0.25, -0.2) is 9.59 Å². The number of nitrogens with zero attached hydrogens (tertiary/aromatic N) is 2. The van der Waals surface area contributed by atoms with Gasteiger partial charge in [0.05, 0.1) is 0 Å². The average Bonchev–Trinajstić information content (AvgIpc) is 2.97. The van der Waals surface area contributed by atoms with Gasteiger partial charge in [-0.3, -0.25) is 29.0 Å². The molecule has 5 aromatic carbocycles. The third-order valence-corrected chi connectivity index (χ3v) is 9.02. The average molecular weight is 591 g/mol. The summed E-state index contributed by atoms with van der Waals surface area (Å²) in [4.78, 5) is 80.9. The summed E-state index contributed by atoms with van der Waals surface area (Å²) in [5.41, 5.74) is 0.872. The lowest BCUT2D eigenvalue weighted by Gasteiger charge is -2.35. The SMILES string of the molecule is CC(C)C(C(=O)O)N1C(=O)c2ccc3c4ccc5c6c(ccc(c7ccc(c2c37)C1=O)c64)C(=O)N(C(C(=O)O)C(C)C)C5=O. The van der Waals surface area contributed by atoms with Gasteiger partial charge in [0.25, 0.3) is 23.6 Å². The molecule has 10 nitrogen and oxygen atoms in total. The van der Waals surface area contributed by atoms with E-state index in [4.69, 9.17) is 0 Å². The Hall–Kier alpha value is -5.38. The number of carbonyl (C=O) groups excluding carboxylic acids is 4. The topological polar surface area (TPSA) is 149 Å². The number of hydrogen-bond acceptors (Lipinski definition) is 6. The molecule has 220 valence electrons. The Morgan fingerprint density at radius 1 is 0.477 bits per heavy atom. The van der Waals surface area contributed by atoms with Crippen LogP contribution < -0.4 is 0 Å². The molecule has 0 bridgehead atoms. The van der Waals surface area contributed by atoms with Crippen molar-refractivity contribution in [3.05, 3.63) is 70.8 Å². The summed E-state index contributed by atoms with van der Waals surface area (Å²) in [7, 11) is 0. The van der Waals surface area contributed by atoms with Crippen LogP contribution in [0.25, 0.3) is 43.1 Å². The molecule has 2 unspecified atom stereocenters. The first-order chi connectivity index (χ1) is 20.9. The van der Waals surface area contributed by atoms with Gasteiger partial charge in [-0.05, 0) is 68.4 Å². The van der Waals surface area contributed by atoms with Crippen molar-refractivity contribution in [3.8, 4) is 0 Å². The van der Waals surface area contributed by atoms with E-state index < -0.39 is 59.5 Å². The minimum atomic E-state index is -1.34. The molecule has 2 N–H and O–H groups in total. The molecule has 0 saturated carbocycles. The molecule has 10 heteroatoms. The molecule has 0 aliphatic carbocycles. The molecule has 0 aromatic heterocycles. The third kappa shape index (κ3) is 3.30. The van der Waals surface area contributed by atoms with Gasteiger partial charge < -0.3 is 10.2 Å². The number of hydrogen-bond donors (Lipinski definition) is 2. The second-order valence-corrected chi connectivity index (χ2v) is 12.2. The number of benzene rings is 5. The first-order valence-electron chi connectivity index (χ1n) is 14.3. The zero-order valence-corrected chi connectivity index (χ0v) is 24.2. The summed E-state index contributed by atoms with van der Waals surface area (Å²) in [6, 6.07) is 10.6. The lowest BCUT2D eigenvalue weighted by molar-refractivity contribution is -0.144. The van der Waals surface area contributed by atoms with Crippen LogP contribution >= 0.6 is 0 Å². The molecule has 0 fully saturated rings. The molecular formula is C34H26N2O8. The molecule has 0 saturated heterocycles. The fraction of sp³-hybridized carbons (Fsp3) is 0.235.